The molecule has 3 aromatic rings. The number of carbonyl (C=O) groups excluding carboxylic acids is 2. The van der Waals surface area contributed by atoms with Gasteiger partial charge < -0.3 is 30.9 Å². The first-order valence-electron chi connectivity index (χ1n) is 14.1. The van der Waals surface area contributed by atoms with E-state index in [-0.39, 0.29) is 37.0 Å². The van der Waals surface area contributed by atoms with Crippen LogP contribution in [0, 0.1) is 11.5 Å². The number of aryl methyl sites for hydroxylation is 1. The maximum atomic E-state index is 13.6. The zero-order valence-corrected chi connectivity index (χ0v) is 24.4. The zero-order valence-electron chi connectivity index (χ0n) is 24.4. The van der Waals surface area contributed by atoms with E-state index in [9.17, 15) is 34.7 Å². The van der Waals surface area contributed by atoms with Crippen LogP contribution in [-0.4, -0.2) is 62.5 Å². The summed E-state index contributed by atoms with van der Waals surface area (Å²) in [6, 6.07) is 15.7. The van der Waals surface area contributed by atoms with Gasteiger partial charge in [-0.05, 0) is 71.5 Å². The van der Waals surface area contributed by atoms with Gasteiger partial charge in [-0.25, -0.2) is 9.79 Å². The number of phenolic OH excluding ortho intramolecular Hbond substituents is 1. The number of nitriles is 1. The number of amides is 2. The Balaban J connectivity index is 1.54. The van der Waals surface area contributed by atoms with Gasteiger partial charge in [-0.1, -0.05) is 30.3 Å². The Kier molecular flexibility index (Phi) is 10.3. The number of hydrogen-bond acceptors (Lipinski definition) is 7. The van der Waals surface area contributed by atoms with Crippen LogP contribution in [0.4, 0.5) is 11.4 Å². The molecule has 232 valence electrons. The molecule has 45 heavy (non-hydrogen) atoms. The summed E-state index contributed by atoms with van der Waals surface area (Å²) in [7, 11) is 0. The minimum absolute atomic E-state index is 0.0160. The molecule has 0 fully saturated rings. The van der Waals surface area contributed by atoms with E-state index in [1.165, 1.54) is 24.0 Å². The minimum Gasteiger partial charge on any atom is -0.508 e. The molecule has 1 aliphatic rings. The van der Waals surface area contributed by atoms with E-state index >= 15 is 0 Å². The van der Waals surface area contributed by atoms with Crippen molar-refractivity contribution in [3.63, 3.8) is 0 Å². The summed E-state index contributed by atoms with van der Waals surface area (Å²) in [6.07, 6.45) is 2.56. The van der Waals surface area contributed by atoms with Crippen LogP contribution in [0.5, 0.6) is 5.75 Å². The number of rotatable bonds is 10. The van der Waals surface area contributed by atoms with E-state index in [4.69, 9.17) is 5.11 Å². The van der Waals surface area contributed by atoms with Crippen LogP contribution < -0.4 is 16.0 Å². The number of benzene rings is 3. The van der Waals surface area contributed by atoms with Gasteiger partial charge in [0, 0.05) is 32.0 Å². The highest BCUT2D eigenvalue weighted by Crippen LogP contribution is 2.32. The van der Waals surface area contributed by atoms with Crippen molar-refractivity contribution in [1.29, 1.82) is 5.26 Å². The fourth-order valence-electron chi connectivity index (χ4n) is 5.04. The molecule has 0 spiro atoms. The maximum Gasteiger partial charge on any atom is 0.326 e. The van der Waals surface area contributed by atoms with Crippen LogP contribution in [-0.2, 0) is 38.4 Å². The molecule has 2 unspecified atom stereocenters. The molecule has 0 saturated carbocycles. The van der Waals surface area contributed by atoms with E-state index in [0.717, 1.165) is 11.1 Å². The first-order valence-corrected chi connectivity index (χ1v) is 14.1. The van der Waals surface area contributed by atoms with Crippen molar-refractivity contribution in [1.82, 2.24) is 15.5 Å². The lowest BCUT2D eigenvalue weighted by atomic mass is 9.91. The molecule has 6 N–H and O–H groups in total. The number of nitrogens with one attached hydrogen (secondary N) is 3. The number of phenols is 1. The summed E-state index contributed by atoms with van der Waals surface area (Å²) < 4.78 is 0. The lowest BCUT2D eigenvalue weighted by Gasteiger charge is -2.36. The maximum absolute atomic E-state index is 13.6. The Bertz CT molecular complexity index is 1650. The monoisotopic (exact) mass is 612 g/mol. The fourth-order valence-corrected chi connectivity index (χ4v) is 5.04. The molecular weight excluding hydrogens is 580 g/mol. The van der Waals surface area contributed by atoms with E-state index in [2.05, 4.69) is 20.9 Å². The van der Waals surface area contributed by atoms with Gasteiger partial charge in [-0.2, -0.15) is 5.26 Å². The standard InChI is InChI=1S/C32H32N6O7/c1-19(39)38-15-14-22-17-24(36-32(34-18-33)35-23-7-10-25(40)11-8-23)9-12-26(22)29(38)30(43)37-27(31(44)45)16-21-4-2-20(3-5-21)6-13-28(41)42/h2-5,7-12,17,27,29,40H,6,13-16H2,1H3,(H,37,43)(H,41,42)(H,44,45)(H2,34,35,36). The van der Waals surface area contributed by atoms with Crippen LogP contribution in [0.2, 0.25) is 0 Å². The van der Waals surface area contributed by atoms with Crippen molar-refractivity contribution in [2.75, 3.05) is 11.9 Å². The van der Waals surface area contributed by atoms with Gasteiger partial charge in [0.1, 0.15) is 17.8 Å². The van der Waals surface area contributed by atoms with Crippen molar-refractivity contribution >= 4 is 41.1 Å². The molecule has 13 nitrogen and oxygen atoms in total. The minimum atomic E-state index is -1.28. The van der Waals surface area contributed by atoms with Crippen molar-refractivity contribution in [2.24, 2.45) is 4.99 Å². The number of aliphatic carboxylic acids is 2. The van der Waals surface area contributed by atoms with Gasteiger partial charge in [-0.3, -0.25) is 19.7 Å². The summed E-state index contributed by atoms with van der Waals surface area (Å²) in [5, 5.41) is 45.6. The molecule has 13 heteroatoms. The molecule has 1 heterocycles. The van der Waals surface area contributed by atoms with Gasteiger partial charge in [0.15, 0.2) is 6.19 Å². The molecule has 2 atom stereocenters. The van der Waals surface area contributed by atoms with Crippen molar-refractivity contribution in [3.8, 4) is 11.9 Å². The number of carboxylic acids is 2. The van der Waals surface area contributed by atoms with Crippen LogP contribution in [0.15, 0.2) is 71.7 Å². The average molecular weight is 613 g/mol. The Morgan fingerprint density at radius 2 is 1.71 bits per heavy atom. The number of nitrogens with zero attached hydrogens (tertiary/aromatic N) is 3. The third-order valence-corrected chi connectivity index (χ3v) is 7.26. The molecule has 0 aromatic heterocycles. The highest BCUT2D eigenvalue weighted by Gasteiger charge is 2.36. The predicted molar refractivity (Wildman–Crippen MR) is 164 cm³/mol. The number of carbonyl (C=O) groups is 4. The highest BCUT2D eigenvalue weighted by molar-refractivity contribution is 5.97. The third kappa shape index (κ3) is 8.57. The second-order valence-electron chi connectivity index (χ2n) is 10.4. The Hall–Kier alpha value is -5.90. The molecular formula is C32H32N6O7. The number of guanidine groups is 1. The Morgan fingerprint density at radius 1 is 1.02 bits per heavy atom. The Labute approximate surface area is 258 Å². The Morgan fingerprint density at radius 3 is 2.33 bits per heavy atom. The second kappa shape index (κ2) is 14.5. The van der Waals surface area contributed by atoms with E-state index in [1.54, 1.807) is 54.6 Å². The van der Waals surface area contributed by atoms with Crippen molar-refractivity contribution < 1.29 is 34.5 Å². The summed E-state index contributed by atoms with van der Waals surface area (Å²) in [5.41, 5.74) is 3.76. The first-order chi connectivity index (χ1) is 21.5. The number of anilines is 1. The quantitative estimate of drug-likeness (QED) is 0.0855. The smallest absolute Gasteiger partial charge is 0.326 e. The van der Waals surface area contributed by atoms with Gasteiger partial charge >= 0.3 is 11.9 Å². The average Bonchev–Trinajstić information content (AvgIpc) is 3.00. The zero-order chi connectivity index (χ0) is 32.5. The number of aromatic hydroxyl groups is 1. The van der Waals surface area contributed by atoms with Crippen LogP contribution in [0.1, 0.15) is 41.6 Å². The molecule has 0 aliphatic carbocycles. The summed E-state index contributed by atoms with van der Waals surface area (Å²) in [6.45, 7) is 1.58. The molecule has 1 aliphatic heterocycles. The number of fused-ring (bicyclic) bond motifs is 1. The van der Waals surface area contributed by atoms with Crippen molar-refractivity contribution in [2.45, 2.75) is 44.7 Å². The van der Waals surface area contributed by atoms with E-state index < -0.39 is 29.9 Å². The lowest BCUT2D eigenvalue weighted by Crippen LogP contribution is -2.51. The normalized spacial score (nSPS) is 14.8. The molecule has 2 amide bonds. The molecule has 0 radical (unpaired) electrons. The molecule has 4 rings (SSSR count). The second-order valence-corrected chi connectivity index (χ2v) is 10.4. The van der Waals surface area contributed by atoms with E-state index in [1.807, 2.05) is 6.19 Å². The van der Waals surface area contributed by atoms with Crippen molar-refractivity contribution in [3.05, 3.63) is 89.0 Å². The molecule has 0 bridgehead atoms. The van der Waals surface area contributed by atoms with Gasteiger partial charge in [0.05, 0.1) is 5.69 Å². The van der Waals surface area contributed by atoms with Crippen LogP contribution in [0.25, 0.3) is 0 Å². The largest absolute Gasteiger partial charge is 0.508 e. The van der Waals surface area contributed by atoms with Gasteiger partial charge in [0.2, 0.25) is 17.8 Å². The fraction of sp³-hybridized carbons (Fsp3) is 0.250. The summed E-state index contributed by atoms with van der Waals surface area (Å²) >= 11 is 0. The number of carboxylic acid groups (broad SMARTS) is 2. The van der Waals surface area contributed by atoms with Crippen LogP contribution >= 0.6 is 0 Å². The topological polar surface area (TPSA) is 204 Å². The van der Waals surface area contributed by atoms with Gasteiger partial charge in [-0.15, -0.1) is 0 Å². The number of hydrogen-bond donors (Lipinski definition) is 6. The number of aliphatic imine (C=N–C) groups is 1. The molecule has 3 aromatic carbocycles. The SMILES string of the molecule is CC(=O)N1CCc2cc(NC(=Nc3ccc(O)cc3)NC#N)ccc2C1C(=O)NC(Cc1ccc(CCC(=O)O)cc1)C(=O)O. The predicted octanol–water partition coefficient (Wildman–Crippen LogP) is 2.84. The lowest BCUT2D eigenvalue weighted by molar-refractivity contribution is -0.144. The molecule has 0 saturated heterocycles. The summed E-state index contributed by atoms with van der Waals surface area (Å²) in [4.78, 5) is 54.9. The van der Waals surface area contributed by atoms with Gasteiger partial charge in [0.25, 0.3) is 0 Å². The first kappa shape index (κ1) is 32.0. The summed E-state index contributed by atoms with van der Waals surface area (Å²) in [5.74, 6) is -2.94. The third-order valence-electron chi connectivity index (χ3n) is 7.26. The highest BCUT2D eigenvalue weighted by atomic mass is 16.4. The van der Waals surface area contributed by atoms with E-state index in [0.29, 0.717) is 35.3 Å². The van der Waals surface area contributed by atoms with Crippen LogP contribution in [0.3, 0.4) is 0 Å².